The van der Waals surface area contributed by atoms with Gasteiger partial charge >= 0.3 is 0 Å². The second-order valence-electron chi connectivity index (χ2n) is 9.24. The number of nitrogens with one attached hydrogen (secondary N) is 1. The van der Waals surface area contributed by atoms with Gasteiger partial charge in [0.1, 0.15) is 5.75 Å². The molecule has 7 nitrogen and oxygen atoms in total. The highest BCUT2D eigenvalue weighted by Gasteiger charge is 2.31. The molecule has 0 unspecified atom stereocenters. The summed E-state index contributed by atoms with van der Waals surface area (Å²) in [6, 6.07) is 14.0. The van der Waals surface area contributed by atoms with Crippen LogP contribution in [-0.4, -0.2) is 67.0 Å². The van der Waals surface area contributed by atoms with Crippen LogP contribution in [0.2, 0.25) is 5.02 Å². The molecule has 0 spiro atoms. The second-order valence-corrected chi connectivity index (χ2v) is 9.65. The molecule has 184 valence electrons. The quantitative estimate of drug-likeness (QED) is 0.575. The molecule has 3 aromatic rings. The Bertz CT molecular complexity index is 1180. The van der Waals surface area contributed by atoms with Crippen molar-refractivity contribution in [3.63, 3.8) is 0 Å². The predicted molar refractivity (Wildman–Crippen MR) is 139 cm³/mol. The van der Waals surface area contributed by atoms with Crippen LogP contribution in [0.3, 0.4) is 0 Å². The third kappa shape index (κ3) is 4.75. The first-order chi connectivity index (χ1) is 17.1. The topological polar surface area (TPSA) is 62.6 Å². The molecule has 0 aliphatic carbocycles. The van der Waals surface area contributed by atoms with E-state index in [9.17, 15) is 4.79 Å². The normalized spacial score (nSPS) is 17.0. The number of carbonyl (C=O) groups excluding carboxylic acids is 1. The maximum absolute atomic E-state index is 13.8. The number of anilines is 1. The van der Waals surface area contributed by atoms with Gasteiger partial charge < -0.3 is 19.9 Å². The SMILES string of the molecule is COc1ccc(N2CCN(C(=O)c3cnn(-c4cccc(Cl)c4C)c3C3CCNCC3)CC2)cc1. The zero-order valence-corrected chi connectivity index (χ0v) is 21.1. The lowest BCUT2D eigenvalue weighted by Crippen LogP contribution is -2.49. The minimum atomic E-state index is 0.0684. The first-order valence-electron chi connectivity index (χ1n) is 12.3. The Hall–Kier alpha value is -3.03. The number of amides is 1. The van der Waals surface area contributed by atoms with Gasteiger partial charge in [0.15, 0.2) is 0 Å². The molecule has 0 bridgehead atoms. The minimum Gasteiger partial charge on any atom is -0.497 e. The smallest absolute Gasteiger partial charge is 0.257 e. The first-order valence-corrected chi connectivity index (χ1v) is 12.7. The van der Waals surface area contributed by atoms with Crippen LogP contribution >= 0.6 is 11.6 Å². The molecule has 2 aliphatic rings. The van der Waals surface area contributed by atoms with Gasteiger partial charge in [-0.2, -0.15) is 5.10 Å². The fraction of sp³-hybridized carbons (Fsp3) is 0.407. The average molecular weight is 494 g/mol. The summed E-state index contributed by atoms with van der Waals surface area (Å²) in [6.45, 7) is 6.84. The Morgan fingerprint density at radius 2 is 1.77 bits per heavy atom. The van der Waals surface area contributed by atoms with E-state index < -0.39 is 0 Å². The van der Waals surface area contributed by atoms with E-state index in [4.69, 9.17) is 21.4 Å². The number of piperidine rings is 1. The van der Waals surface area contributed by atoms with Crippen molar-refractivity contribution >= 4 is 23.2 Å². The Morgan fingerprint density at radius 1 is 1.06 bits per heavy atom. The van der Waals surface area contributed by atoms with Crippen molar-refractivity contribution in [2.75, 3.05) is 51.3 Å². The zero-order chi connectivity index (χ0) is 24.4. The van der Waals surface area contributed by atoms with Gasteiger partial charge in [0, 0.05) is 42.8 Å². The van der Waals surface area contributed by atoms with Crippen molar-refractivity contribution in [2.24, 2.45) is 0 Å². The molecular formula is C27H32ClN5O2. The summed E-state index contributed by atoms with van der Waals surface area (Å²) in [6.07, 6.45) is 3.73. The molecule has 1 N–H and O–H groups in total. The molecule has 35 heavy (non-hydrogen) atoms. The maximum atomic E-state index is 13.8. The zero-order valence-electron chi connectivity index (χ0n) is 20.3. The fourth-order valence-corrected chi connectivity index (χ4v) is 5.33. The Morgan fingerprint density at radius 3 is 2.46 bits per heavy atom. The molecule has 5 rings (SSSR count). The number of hydrogen-bond donors (Lipinski definition) is 1. The van der Waals surface area contributed by atoms with E-state index in [0.717, 1.165) is 67.4 Å². The highest BCUT2D eigenvalue weighted by molar-refractivity contribution is 6.31. The van der Waals surface area contributed by atoms with E-state index in [1.165, 1.54) is 0 Å². The van der Waals surface area contributed by atoms with Gasteiger partial charge in [-0.25, -0.2) is 4.68 Å². The lowest BCUT2D eigenvalue weighted by molar-refractivity contribution is 0.0744. The molecule has 2 saturated heterocycles. The van der Waals surface area contributed by atoms with Crippen molar-refractivity contribution in [2.45, 2.75) is 25.7 Å². The van der Waals surface area contributed by atoms with E-state index in [1.807, 2.05) is 46.8 Å². The van der Waals surface area contributed by atoms with E-state index in [1.54, 1.807) is 13.3 Å². The van der Waals surface area contributed by atoms with Crippen molar-refractivity contribution < 1.29 is 9.53 Å². The van der Waals surface area contributed by atoms with Crippen molar-refractivity contribution in [3.8, 4) is 11.4 Å². The number of nitrogens with zero attached hydrogens (tertiary/aromatic N) is 4. The van der Waals surface area contributed by atoms with Crippen LogP contribution in [-0.2, 0) is 0 Å². The van der Waals surface area contributed by atoms with E-state index >= 15 is 0 Å². The molecule has 3 heterocycles. The van der Waals surface area contributed by atoms with Crippen LogP contribution in [0.1, 0.15) is 40.4 Å². The minimum absolute atomic E-state index is 0.0684. The molecule has 1 amide bonds. The first kappa shape index (κ1) is 23.7. The number of ether oxygens (including phenoxy) is 1. The number of carbonyl (C=O) groups is 1. The Balaban J connectivity index is 1.39. The van der Waals surface area contributed by atoms with E-state index in [2.05, 4.69) is 22.3 Å². The number of rotatable bonds is 5. The van der Waals surface area contributed by atoms with Crippen LogP contribution in [0, 0.1) is 6.92 Å². The molecular weight excluding hydrogens is 462 g/mol. The van der Waals surface area contributed by atoms with E-state index in [-0.39, 0.29) is 11.8 Å². The number of benzene rings is 2. The summed E-state index contributed by atoms with van der Waals surface area (Å²) in [5.74, 6) is 1.19. The molecule has 0 atom stereocenters. The lowest BCUT2D eigenvalue weighted by Gasteiger charge is -2.36. The summed E-state index contributed by atoms with van der Waals surface area (Å²) >= 11 is 6.44. The third-order valence-corrected chi connectivity index (χ3v) is 7.64. The molecule has 8 heteroatoms. The number of piperazine rings is 1. The number of methoxy groups -OCH3 is 1. The van der Waals surface area contributed by atoms with Crippen molar-refractivity contribution in [1.29, 1.82) is 0 Å². The van der Waals surface area contributed by atoms with Crippen LogP contribution in [0.25, 0.3) is 5.69 Å². The summed E-state index contributed by atoms with van der Waals surface area (Å²) < 4.78 is 7.23. The van der Waals surface area contributed by atoms with Gasteiger partial charge in [0.2, 0.25) is 0 Å². The summed E-state index contributed by atoms with van der Waals surface area (Å²) in [4.78, 5) is 18.1. The maximum Gasteiger partial charge on any atom is 0.257 e. The highest BCUT2D eigenvalue weighted by Crippen LogP contribution is 2.33. The van der Waals surface area contributed by atoms with Crippen LogP contribution < -0.4 is 15.0 Å². The monoisotopic (exact) mass is 493 g/mol. The van der Waals surface area contributed by atoms with Crippen LogP contribution in [0.4, 0.5) is 5.69 Å². The highest BCUT2D eigenvalue weighted by atomic mass is 35.5. The number of hydrogen-bond acceptors (Lipinski definition) is 5. The predicted octanol–water partition coefficient (Wildman–Crippen LogP) is 4.27. The Kier molecular flexibility index (Phi) is 6.97. The van der Waals surface area contributed by atoms with Crippen LogP contribution in [0.5, 0.6) is 5.75 Å². The third-order valence-electron chi connectivity index (χ3n) is 7.23. The van der Waals surface area contributed by atoms with Gasteiger partial charge in [0.25, 0.3) is 5.91 Å². The summed E-state index contributed by atoms with van der Waals surface area (Å²) in [5, 5.41) is 8.87. The second kappa shape index (κ2) is 10.3. The lowest BCUT2D eigenvalue weighted by atomic mass is 9.91. The number of halogens is 1. The van der Waals surface area contributed by atoms with E-state index in [0.29, 0.717) is 23.7 Å². The summed E-state index contributed by atoms with van der Waals surface area (Å²) in [5.41, 5.74) is 4.79. The number of aromatic nitrogens is 2. The van der Waals surface area contributed by atoms with Crippen molar-refractivity contribution in [3.05, 3.63) is 70.5 Å². The van der Waals surface area contributed by atoms with Crippen molar-refractivity contribution in [1.82, 2.24) is 20.0 Å². The molecule has 2 aliphatic heterocycles. The molecule has 2 fully saturated rings. The van der Waals surface area contributed by atoms with Gasteiger partial charge in [-0.1, -0.05) is 17.7 Å². The Labute approximate surface area is 211 Å². The largest absolute Gasteiger partial charge is 0.497 e. The van der Waals surface area contributed by atoms with Gasteiger partial charge in [-0.05, 0) is 74.8 Å². The van der Waals surface area contributed by atoms with Gasteiger partial charge in [-0.15, -0.1) is 0 Å². The fourth-order valence-electron chi connectivity index (χ4n) is 5.16. The molecule has 0 radical (unpaired) electrons. The van der Waals surface area contributed by atoms with Crippen LogP contribution in [0.15, 0.2) is 48.7 Å². The standard InChI is InChI=1S/C27H32ClN5O2/c1-19-24(28)4-3-5-25(19)33-26(20-10-12-29-13-11-20)23(18-30-33)27(34)32-16-14-31(15-17-32)21-6-8-22(35-2)9-7-21/h3-9,18,20,29H,10-17H2,1-2H3. The molecule has 2 aromatic carbocycles. The molecule has 0 saturated carbocycles. The van der Waals surface area contributed by atoms with Gasteiger partial charge in [0.05, 0.1) is 30.3 Å². The summed E-state index contributed by atoms with van der Waals surface area (Å²) in [7, 11) is 1.67. The average Bonchev–Trinajstić information content (AvgIpc) is 3.35. The molecule has 1 aromatic heterocycles. The van der Waals surface area contributed by atoms with Gasteiger partial charge in [-0.3, -0.25) is 4.79 Å².